The van der Waals surface area contributed by atoms with Crippen LogP contribution in [0.2, 0.25) is 0 Å². The van der Waals surface area contributed by atoms with Crippen molar-refractivity contribution in [2.45, 2.75) is 18.4 Å². The summed E-state index contributed by atoms with van der Waals surface area (Å²) in [5, 5.41) is 9.70. The minimum Gasteiger partial charge on any atom is -0.377 e. The first-order valence-electron chi connectivity index (χ1n) is 3.63. The zero-order chi connectivity index (χ0) is 7.19. The van der Waals surface area contributed by atoms with Gasteiger partial charge in [-0.15, -0.1) is 6.42 Å². The maximum Gasteiger partial charge on any atom is 0.132 e. The van der Waals surface area contributed by atoms with Crippen LogP contribution in [0.1, 0.15) is 12.8 Å². The first kappa shape index (κ1) is 6.00. The fourth-order valence-electron chi connectivity index (χ4n) is 2.00. The fourth-order valence-corrected chi connectivity index (χ4v) is 2.00. The Bertz CT molecular complexity index is 223. The highest BCUT2D eigenvalue weighted by molar-refractivity contribution is 5.25. The molecule has 0 saturated heterocycles. The van der Waals surface area contributed by atoms with Crippen LogP contribution < -0.4 is 0 Å². The van der Waals surface area contributed by atoms with Gasteiger partial charge in [0.05, 0.1) is 0 Å². The molecule has 0 aromatic heterocycles. The lowest BCUT2D eigenvalue weighted by molar-refractivity contribution is 0.0753. The second-order valence-electron chi connectivity index (χ2n) is 3.26. The van der Waals surface area contributed by atoms with E-state index in [1.807, 2.05) is 6.08 Å². The van der Waals surface area contributed by atoms with E-state index >= 15 is 0 Å². The van der Waals surface area contributed by atoms with Gasteiger partial charge in [-0.3, -0.25) is 0 Å². The number of rotatable bonds is 0. The van der Waals surface area contributed by atoms with Crippen molar-refractivity contribution in [3.05, 3.63) is 12.2 Å². The highest BCUT2D eigenvalue weighted by Gasteiger charge is 2.45. The van der Waals surface area contributed by atoms with Crippen molar-refractivity contribution in [1.29, 1.82) is 0 Å². The van der Waals surface area contributed by atoms with Crippen LogP contribution in [0, 0.1) is 24.2 Å². The molecule has 3 atom stereocenters. The van der Waals surface area contributed by atoms with Crippen LogP contribution in [0.25, 0.3) is 0 Å². The topological polar surface area (TPSA) is 20.2 Å². The van der Waals surface area contributed by atoms with Crippen molar-refractivity contribution in [3.63, 3.8) is 0 Å². The Morgan fingerprint density at radius 3 is 2.70 bits per heavy atom. The molecule has 10 heavy (non-hydrogen) atoms. The van der Waals surface area contributed by atoms with E-state index < -0.39 is 5.60 Å². The van der Waals surface area contributed by atoms with Gasteiger partial charge in [0.15, 0.2) is 0 Å². The molecule has 0 radical (unpaired) electrons. The summed E-state index contributed by atoms with van der Waals surface area (Å²) in [6.45, 7) is 0. The molecule has 0 amide bonds. The van der Waals surface area contributed by atoms with Gasteiger partial charge in [-0.25, -0.2) is 0 Å². The molecular formula is C9H10O. The summed E-state index contributed by atoms with van der Waals surface area (Å²) < 4.78 is 0. The van der Waals surface area contributed by atoms with Gasteiger partial charge in [0.2, 0.25) is 0 Å². The lowest BCUT2D eigenvalue weighted by Gasteiger charge is -2.22. The van der Waals surface area contributed by atoms with Gasteiger partial charge in [0.1, 0.15) is 5.60 Å². The number of hydrogen-bond donors (Lipinski definition) is 1. The van der Waals surface area contributed by atoms with Crippen LogP contribution in [0.5, 0.6) is 0 Å². The van der Waals surface area contributed by atoms with Gasteiger partial charge in [-0.05, 0) is 18.8 Å². The Morgan fingerprint density at radius 2 is 2.40 bits per heavy atom. The van der Waals surface area contributed by atoms with Crippen molar-refractivity contribution >= 4 is 0 Å². The third-order valence-corrected chi connectivity index (χ3v) is 2.61. The Labute approximate surface area is 60.8 Å². The van der Waals surface area contributed by atoms with Crippen LogP contribution in [0.15, 0.2) is 12.2 Å². The highest BCUT2D eigenvalue weighted by Crippen LogP contribution is 2.45. The second kappa shape index (κ2) is 1.65. The molecular weight excluding hydrogens is 124 g/mol. The SMILES string of the molecule is C#C[C@]1(O)C[C@H]2C=C[C@@H]1C2. The number of allylic oxidation sites excluding steroid dienone is 1. The number of terminal acetylenes is 1. The summed E-state index contributed by atoms with van der Waals surface area (Å²) in [6.07, 6.45) is 11.3. The maximum atomic E-state index is 9.70. The van der Waals surface area contributed by atoms with E-state index in [2.05, 4.69) is 12.0 Å². The Morgan fingerprint density at radius 1 is 1.60 bits per heavy atom. The number of aliphatic hydroxyl groups is 1. The standard InChI is InChI=1S/C9H10O/c1-2-9(10)6-7-3-4-8(9)5-7/h1,3-4,7-8,10H,5-6H2/t7-,8+,9-/m0/s1. The van der Waals surface area contributed by atoms with Crippen LogP contribution in [0.4, 0.5) is 0 Å². The van der Waals surface area contributed by atoms with Gasteiger partial charge >= 0.3 is 0 Å². The molecule has 0 aromatic rings. The van der Waals surface area contributed by atoms with Crippen LogP contribution in [0.3, 0.4) is 0 Å². The zero-order valence-corrected chi connectivity index (χ0v) is 5.75. The van der Waals surface area contributed by atoms with Crippen molar-refractivity contribution in [2.75, 3.05) is 0 Å². The molecule has 52 valence electrons. The van der Waals surface area contributed by atoms with Crippen molar-refractivity contribution < 1.29 is 5.11 Å². The molecule has 0 aromatic carbocycles. The zero-order valence-electron chi connectivity index (χ0n) is 5.75. The van der Waals surface area contributed by atoms with E-state index in [9.17, 15) is 5.11 Å². The highest BCUT2D eigenvalue weighted by atomic mass is 16.3. The molecule has 2 rings (SSSR count). The van der Waals surface area contributed by atoms with Crippen LogP contribution >= 0.6 is 0 Å². The summed E-state index contributed by atoms with van der Waals surface area (Å²) in [5.41, 5.74) is -0.806. The smallest absolute Gasteiger partial charge is 0.132 e. The van der Waals surface area contributed by atoms with Crippen LogP contribution in [-0.2, 0) is 0 Å². The monoisotopic (exact) mass is 134 g/mol. The maximum absolute atomic E-state index is 9.70. The number of hydrogen-bond acceptors (Lipinski definition) is 1. The molecule has 2 aliphatic rings. The molecule has 2 bridgehead atoms. The minimum atomic E-state index is -0.806. The summed E-state index contributed by atoms with van der Waals surface area (Å²) in [7, 11) is 0. The summed E-state index contributed by atoms with van der Waals surface area (Å²) in [4.78, 5) is 0. The van der Waals surface area contributed by atoms with E-state index in [0.717, 1.165) is 12.8 Å². The first-order chi connectivity index (χ1) is 4.74. The largest absolute Gasteiger partial charge is 0.377 e. The van der Waals surface area contributed by atoms with Gasteiger partial charge in [0.25, 0.3) is 0 Å². The Kier molecular flexibility index (Phi) is 0.988. The molecule has 0 spiro atoms. The minimum absolute atomic E-state index is 0.238. The van der Waals surface area contributed by atoms with E-state index in [1.54, 1.807) is 0 Å². The van der Waals surface area contributed by atoms with Gasteiger partial charge in [0, 0.05) is 5.92 Å². The Balaban J connectivity index is 2.33. The molecule has 1 N–H and O–H groups in total. The van der Waals surface area contributed by atoms with E-state index in [1.165, 1.54) is 0 Å². The van der Waals surface area contributed by atoms with Crippen LogP contribution in [-0.4, -0.2) is 10.7 Å². The van der Waals surface area contributed by atoms with E-state index in [0.29, 0.717) is 5.92 Å². The van der Waals surface area contributed by atoms with Gasteiger partial charge in [-0.1, -0.05) is 18.1 Å². The molecule has 1 heteroatoms. The summed E-state index contributed by atoms with van der Waals surface area (Å²) in [5.74, 6) is 3.26. The molecule has 2 aliphatic carbocycles. The summed E-state index contributed by atoms with van der Waals surface area (Å²) >= 11 is 0. The number of fused-ring (bicyclic) bond motifs is 2. The molecule has 0 aliphatic heterocycles. The predicted octanol–water partition coefficient (Wildman–Crippen LogP) is 0.947. The van der Waals surface area contributed by atoms with Crippen molar-refractivity contribution in [1.82, 2.24) is 0 Å². The first-order valence-corrected chi connectivity index (χ1v) is 3.63. The molecule has 1 fully saturated rings. The molecule has 1 saturated carbocycles. The fraction of sp³-hybridized carbons (Fsp3) is 0.556. The lowest BCUT2D eigenvalue weighted by Crippen LogP contribution is -2.30. The average molecular weight is 134 g/mol. The quantitative estimate of drug-likeness (QED) is 0.386. The second-order valence-corrected chi connectivity index (χ2v) is 3.26. The molecule has 0 unspecified atom stereocenters. The third kappa shape index (κ3) is 0.574. The van der Waals surface area contributed by atoms with E-state index in [4.69, 9.17) is 6.42 Å². The molecule has 1 nitrogen and oxygen atoms in total. The van der Waals surface area contributed by atoms with Gasteiger partial charge in [-0.2, -0.15) is 0 Å². The third-order valence-electron chi connectivity index (χ3n) is 2.61. The normalized spacial score (nSPS) is 49.6. The summed E-state index contributed by atoms with van der Waals surface area (Å²) in [6, 6.07) is 0. The molecule has 0 heterocycles. The Hall–Kier alpha value is -0.740. The average Bonchev–Trinajstić information content (AvgIpc) is 2.46. The van der Waals surface area contributed by atoms with Crippen molar-refractivity contribution in [3.8, 4) is 12.3 Å². The predicted molar refractivity (Wildman–Crippen MR) is 39.1 cm³/mol. The van der Waals surface area contributed by atoms with E-state index in [-0.39, 0.29) is 5.92 Å². The van der Waals surface area contributed by atoms with Gasteiger partial charge < -0.3 is 5.11 Å². The van der Waals surface area contributed by atoms with Crippen molar-refractivity contribution in [2.24, 2.45) is 11.8 Å². The lowest BCUT2D eigenvalue weighted by atomic mass is 9.89.